The number of fused-ring (bicyclic) bond motifs is 1. The van der Waals surface area contributed by atoms with Crippen LogP contribution in [0.1, 0.15) is 16.2 Å². The van der Waals surface area contributed by atoms with E-state index >= 15 is 0 Å². The third-order valence-corrected chi connectivity index (χ3v) is 4.63. The quantitative estimate of drug-likeness (QED) is 0.215. The number of halogens is 1. The molecule has 4 aromatic rings. The molecule has 0 aliphatic rings. The van der Waals surface area contributed by atoms with Crippen LogP contribution in [0.3, 0.4) is 0 Å². The van der Waals surface area contributed by atoms with E-state index in [1.165, 1.54) is 28.8 Å². The van der Waals surface area contributed by atoms with Crippen LogP contribution in [-0.4, -0.2) is 20.4 Å². The summed E-state index contributed by atoms with van der Waals surface area (Å²) in [5.41, 5.74) is 0.346. The van der Waals surface area contributed by atoms with E-state index < -0.39 is 28.1 Å². The minimum atomic E-state index is -0.902. The molecule has 154 valence electrons. The van der Waals surface area contributed by atoms with Crippen molar-refractivity contribution in [3.63, 3.8) is 0 Å². The van der Waals surface area contributed by atoms with E-state index in [0.29, 0.717) is 22.4 Å². The summed E-state index contributed by atoms with van der Waals surface area (Å²) in [4.78, 5) is 40.0. The van der Waals surface area contributed by atoms with Crippen LogP contribution in [0.25, 0.3) is 16.6 Å². The van der Waals surface area contributed by atoms with Gasteiger partial charge in [0.1, 0.15) is 11.6 Å². The van der Waals surface area contributed by atoms with Gasteiger partial charge in [-0.3, -0.25) is 19.5 Å². The number of aryl methyl sites for hydroxylation is 1. The molecule has 0 saturated heterocycles. The fraction of sp³-hybridized carbons (Fsp3) is 0.0455. The number of rotatable bonds is 4. The standard InChI is InChI=1S/C22H14FN3O5/c1-13-24-18-5-3-2-4-17(18)21(27)25(13)16-9-6-14(7-10-16)22(28)31-20-12-15(23)8-11-19(20)26(29)30/h2-12H,1H3. The number of para-hydroxylation sites is 1. The molecule has 0 bridgehead atoms. The van der Waals surface area contributed by atoms with Crippen molar-refractivity contribution in [3.05, 3.63) is 104 Å². The maximum absolute atomic E-state index is 13.4. The Balaban J connectivity index is 1.66. The normalized spacial score (nSPS) is 10.8. The monoisotopic (exact) mass is 419 g/mol. The van der Waals surface area contributed by atoms with Gasteiger partial charge in [-0.15, -0.1) is 0 Å². The van der Waals surface area contributed by atoms with Gasteiger partial charge in [-0.1, -0.05) is 12.1 Å². The molecule has 0 fully saturated rings. The zero-order chi connectivity index (χ0) is 22.1. The van der Waals surface area contributed by atoms with E-state index in [1.807, 2.05) is 0 Å². The molecule has 0 amide bonds. The average Bonchev–Trinajstić information content (AvgIpc) is 2.74. The van der Waals surface area contributed by atoms with Crippen LogP contribution in [0.4, 0.5) is 10.1 Å². The molecule has 0 unspecified atom stereocenters. The number of ether oxygens (including phenoxy) is 1. The lowest BCUT2D eigenvalue weighted by molar-refractivity contribution is -0.385. The number of benzene rings is 3. The Morgan fingerprint density at radius 3 is 2.52 bits per heavy atom. The van der Waals surface area contributed by atoms with Crippen molar-refractivity contribution in [2.75, 3.05) is 0 Å². The molecule has 0 aliphatic heterocycles. The number of esters is 1. The van der Waals surface area contributed by atoms with Gasteiger partial charge in [-0.25, -0.2) is 14.2 Å². The van der Waals surface area contributed by atoms with Gasteiger partial charge >= 0.3 is 11.7 Å². The van der Waals surface area contributed by atoms with E-state index in [-0.39, 0.29) is 11.1 Å². The Kier molecular flexibility index (Phi) is 5.00. The fourth-order valence-corrected chi connectivity index (χ4v) is 3.17. The number of nitrogens with zero attached hydrogens (tertiary/aromatic N) is 3. The third-order valence-electron chi connectivity index (χ3n) is 4.63. The van der Waals surface area contributed by atoms with Crippen LogP contribution >= 0.6 is 0 Å². The largest absolute Gasteiger partial charge is 0.415 e. The van der Waals surface area contributed by atoms with Gasteiger partial charge < -0.3 is 4.74 Å². The number of hydrogen-bond donors (Lipinski definition) is 0. The van der Waals surface area contributed by atoms with Crippen molar-refractivity contribution in [2.24, 2.45) is 0 Å². The van der Waals surface area contributed by atoms with Gasteiger partial charge in [0.05, 0.1) is 27.1 Å². The summed E-state index contributed by atoms with van der Waals surface area (Å²) in [5, 5.41) is 11.5. The van der Waals surface area contributed by atoms with Crippen molar-refractivity contribution in [1.29, 1.82) is 0 Å². The Labute approximate surface area is 174 Å². The minimum Gasteiger partial charge on any atom is -0.415 e. The van der Waals surface area contributed by atoms with Crippen molar-refractivity contribution >= 4 is 22.6 Å². The van der Waals surface area contributed by atoms with Gasteiger partial charge in [0.2, 0.25) is 5.75 Å². The fourth-order valence-electron chi connectivity index (χ4n) is 3.17. The van der Waals surface area contributed by atoms with Crippen LogP contribution < -0.4 is 10.3 Å². The summed E-state index contributed by atoms with van der Waals surface area (Å²) in [5.74, 6) is -1.71. The SMILES string of the molecule is Cc1nc2ccccc2c(=O)n1-c1ccc(C(=O)Oc2cc(F)ccc2[N+](=O)[O-])cc1. The predicted octanol–water partition coefficient (Wildman–Crippen LogP) is 3.96. The smallest absolute Gasteiger partial charge is 0.343 e. The van der Waals surface area contributed by atoms with Crippen molar-refractivity contribution in [2.45, 2.75) is 6.92 Å². The molecule has 0 saturated carbocycles. The Hall–Kier alpha value is -4.40. The Morgan fingerprint density at radius 2 is 1.81 bits per heavy atom. The third kappa shape index (κ3) is 3.76. The Bertz CT molecular complexity index is 1400. The summed E-state index contributed by atoms with van der Waals surface area (Å²) in [6, 6.07) is 15.4. The first kappa shape index (κ1) is 19.9. The molecule has 0 N–H and O–H groups in total. The first-order chi connectivity index (χ1) is 14.8. The molecule has 9 heteroatoms. The van der Waals surface area contributed by atoms with Gasteiger partial charge in [0, 0.05) is 12.1 Å². The zero-order valence-electron chi connectivity index (χ0n) is 16.1. The average molecular weight is 419 g/mol. The van der Waals surface area contributed by atoms with Crippen LogP contribution in [0.2, 0.25) is 0 Å². The second kappa shape index (κ2) is 7.79. The van der Waals surface area contributed by atoms with Crippen LogP contribution in [0, 0.1) is 22.9 Å². The summed E-state index contributed by atoms with van der Waals surface area (Å²) >= 11 is 0. The topological polar surface area (TPSA) is 104 Å². The molecular formula is C22H14FN3O5. The molecule has 31 heavy (non-hydrogen) atoms. The second-order valence-corrected chi connectivity index (χ2v) is 6.62. The van der Waals surface area contributed by atoms with Crippen molar-refractivity contribution in [1.82, 2.24) is 9.55 Å². The number of nitro groups is 1. The molecule has 0 atom stereocenters. The molecule has 0 radical (unpaired) electrons. The van der Waals surface area contributed by atoms with E-state index in [4.69, 9.17) is 4.74 Å². The molecule has 1 aromatic heterocycles. The number of aromatic nitrogens is 2. The zero-order valence-corrected chi connectivity index (χ0v) is 16.1. The van der Waals surface area contributed by atoms with Gasteiger partial charge in [-0.05, 0) is 49.4 Å². The van der Waals surface area contributed by atoms with Gasteiger partial charge in [-0.2, -0.15) is 0 Å². The first-order valence-electron chi connectivity index (χ1n) is 9.10. The molecule has 4 rings (SSSR count). The van der Waals surface area contributed by atoms with Crippen LogP contribution in [0.5, 0.6) is 5.75 Å². The van der Waals surface area contributed by atoms with E-state index in [0.717, 1.165) is 18.2 Å². The maximum Gasteiger partial charge on any atom is 0.343 e. The maximum atomic E-state index is 13.4. The molecule has 1 heterocycles. The van der Waals surface area contributed by atoms with Crippen molar-refractivity contribution < 1.29 is 18.8 Å². The Morgan fingerprint density at radius 1 is 1.10 bits per heavy atom. The van der Waals surface area contributed by atoms with Crippen LogP contribution in [0.15, 0.2) is 71.5 Å². The lowest BCUT2D eigenvalue weighted by atomic mass is 10.2. The predicted molar refractivity (Wildman–Crippen MR) is 110 cm³/mol. The lowest BCUT2D eigenvalue weighted by Crippen LogP contribution is -2.22. The highest BCUT2D eigenvalue weighted by Gasteiger charge is 2.20. The summed E-state index contributed by atoms with van der Waals surface area (Å²) in [6.07, 6.45) is 0. The summed E-state index contributed by atoms with van der Waals surface area (Å²) < 4.78 is 19.9. The number of carbonyl (C=O) groups excluding carboxylic acids is 1. The molecular weight excluding hydrogens is 405 g/mol. The van der Waals surface area contributed by atoms with Gasteiger partial charge in [0.25, 0.3) is 5.56 Å². The molecule has 3 aromatic carbocycles. The number of carbonyl (C=O) groups is 1. The molecule has 0 aliphatic carbocycles. The summed E-state index contributed by atoms with van der Waals surface area (Å²) in [7, 11) is 0. The van der Waals surface area contributed by atoms with E-state index in [9.17, 15) is 24.1 Å². The summed E-state index contributed by atoms with van der Waals surface area (Å²) in [6.45, 7) is 1.69. The van der Waals surface area contributed by atoms with Crippen molar-refractivity contribution in [3.8, 4) is 11.4 Å². The number of nitro benzene ring substituents is 1. The highest BCUT2D eigenvalue weighted by Crippen LogP contribution is 2.28. The van der Waals surface area contributed by atoms with E-state index in [1.54, 1.807) is 31.2 Å². The molecule has 8 nitrogen and oxygen atoms in total. The highest BCUT2D eigenvalue weighted by molar-refractivity contribution is 5.91. The lowest BCUT2D eigenvalue weighted by Gasteiger charge is -2.11. The minimum absolute atomic E-state index is 0.0711. The van der Waals surface area contributed by atoms with Crippen LogP contribution in [-0.2, 0) is 0 Å². The van der Waals surface area contributed by atoms with Gasteiger partial charge in [0.15, 0.2) is 0 Å². The first-order valence-corrected chi connectivity index (χ1v) is 9.10. The highest BCUT2D eigenvalue weighted by atomic mass is 19.1. The molecule has 0 spiro atoms. The van der Waals surface area contributed by atoms with E-state index in [2.05, 4.69) is 4.98 Å². The number of hydrogen-bond acceptors (Lipinski definition) is 6. The second-order valence-electron chi connectivity index (χ2n) is 6.62.